The van der Waals surface area contributed by atoms with E-state index in [-0.39, 0.29) is 25.4 Å². The van der Waals surface area contributed by atoms with Crippen molar-refractivity contribution in [2.75, 3.05) is 18.1 Å². The molecule has 5 nitrogen and oxygen atoms in total. The highest BCUT2D eigenvalue weighted by Crippen LogP contribution is 2.42. The van der Waals surface area contributed by atoms with E-state index in [1.165, 1.54) is 4.90 Å². The Labute approximate surface area is 185 Å². The third-order valence-electron chi connectivity index (χ3n) is 5.49. The normalized spacial score (nSPS) is 17.5. The second-order valence-corrected chi connectivity index (χ2v) is 7.99. The summed E-state index contributed by atoms with van der Waals surface area (Å²) in [4.78, 5) is 27.6. The number of aliphatic hydroxyl groups is 1. The zero-order valence-electron chi connectivity index (χ0n) is 17.0. The zero-order chi connectivity index (χ0) is 22.0. The Hall–Kier alpha value is -3.15. The molecule has 1 unspecified atom stereocenters. The van der Waals surface area contributed by atoms with Gasteiger partial charge in [-0.15, -0.1) is 0 Å². The van der Waals surface area contributed by atoms with Gasteiger partial charge in [-0.2, -0.15) is 0 Å². The summed E-state index contributed by atoms with van der Waals surface area (Å²) in [5.74, 6) is -0.111. The van der Waals surface area contributed by atoms with Crippen LogP contribution in [-0.2, 0) is 10.4 Å². The first-order valence-corrected chi connectivity index (χ1v) is 10.4. The zero-order valence-corrected chi connectivity index (χ0v) is 17.8. The van der Waals surface area contributed by atoms with Crippen molar-refractivity contribution in [3.05, 3.63) is 94.5 Å². The van der Waals surface area contributed by atoms with Crippen molar-refractivity contribution < 1.29 is 19.4 Å². The largest absolute Gasteiger partial charge is 0.491 e. The Morgan fingerprint density at radius 3 is 2.45 bits per heavy atom. The predicted octanol–water partition coefficient (Wildman–Crippen LogP) is 4.53. The standard InChI is InChI=1S/C25H22ClNO4/c1-17-6-2-5-9-23(17)31-15-14-27-21-8-4-3-7-20(21)25(30,24(27)29)16-22(28)18-10-12-19(26)13-11-18/h2-13,30H,14-16H2,1H3. The van der Waals surface area contributed by atoms with E-state index in [0.717, 1.165) is 11.3 Å². The molecule has 0 aliphatic carbocycles. The van der Waals surface area contributed by atoms with Crippen LogP contribution >= 0.6 is 11.6 Å². The second-order valence-electron chi connectivity index (χ2n) is 7.56. The molecule has 158 valence electrons. The molecule has 0 saturated heterocycles. The van der Waals surface area contributed by atoms with Gasteiger partial charge in [0, 0.05) is 16.1 Å². The first kappa shape index (κ1) is 21.1. The lowest BCUT2D eigenvalue weighted by atomic mass is 9.88. The molecule has 4 rings (SSSR count). The molecule has 0 aromatic heterocycles. The van der Waals surface area contributed by atoms with Crippen molar-refractivity contribution in [1.29, 1.82) is 0 Å². The molecular weight excluding hydrogens is 414 g/mol. The number of hydrogen-bond acceptors (Lipinski definition) is 4. The number of halogens is 1. The van der Waals surface area contributed by atoms with Gasteiger partial charge in [-0.25, -0.2) is 0 Å². The quantitative estimate of drug-likeness (QED) is 0.553. The monoisotopic (exact) mass is 435 g/mol. The molecule has 1 aliphatic rings. The van der Waals surface area contributed by atoms with Gasteiger partial charge in [0.15, 0.2) is 11.4 Å². The summed E-state index contributed by atoms with van der Waals surface area (Å²) in [7, 11) is 0. The van der Waals surface area contributed by atoms with Gasteiger partial charge in [0.2, 0.25) is 0 Å². The van der Waals surface area contributed by atoms with Crippen LogP contribution in [0.15, 0.2) is 72.8 Å². The Kier molecular flexibility index (Phi) is 5.81. The first-order chi connectivity index (χ1) is 14.9. The van der Waals surface area contributed by atoms with Gasteiger partial charge in [-0.1, -0.05) is 48.0 Å². The summed E-state index contributed by atoms with van der Waals surface area (Å²) in [5.41, 5.74) is 0.492. The third-order valence-corrected chi connectivity index (χ3v) is 5.74. The summed E-state index contributed by atoms with van der Waals surface area (Å²) < 4.78 is 5.84. The highest BCUT2D eigenvalue weighted by molar-refractivity contribution is 6.30. The molecule has 3 aromatic rings. The SMILES string of the molecule is Cc1ccccc1OCCN1C(=O)C(O)(CC(=O)c2ccc(Cl)cc2)c2ccccc21. The third kappa shape index (κ3) is 4.07. The molecule has 1 heterocycles. The van der Waals surface area contributed by atoms with Gasteiger partial charge in [-0.05, 0) is 48.9 Å². The minimum Gasteiger partial charge on any atom is -0.491 e. The molecule has 0 saturated carbocycles. The highest BCUT2D eigenvalue weighted by atomic mass is 35.5. The Bertz CT molecular complexity index is 1130. The van der Waals surface area contributed by atoms with Crippen LogP contribution in [0.5, 0.6) is 5.75 Å². The van der Waals surface area contributed by atoms with Crippen molar-refractivity contribution in [2.45, 2.75) is 18.9 Å². The molecule has 6 heteroatoms. The number of carbonyl (C=O) groups is 2. The number of rotatable bonds is 7. The van der Waals surface area contributed by atoms with Gasteiger partial charge in [0.25, 0.3) is 5.91 Å². The van der Waals surface area contributed by atoms with Crippen molar-refractivity contribution in [3.63, 3.8) is 0 Å². The number of para-hydroxylation sites is 2. The fourth-order valence-electron chi connectivity index (χ4n) is 3.83. The van der Waals surface area contributed by atoms with Crippen LogP contribution in [0.3, 0.4) is 0 Å². The average molecular weight is 436 g/mol. The minimum atomic E-state index is -1.92. The molecule has 1 N–H and O–H groups in total. The number of amides is 1. The maximum absolute atomic E-state index is 13.3. The summed E-state index contributed by atoms with van der Waals surface area (Å²) in [6, 6.07) is 21.0. The van der Waals surface area contributed by atoms with Crippen molar-refractivity contribution >= 4 is 29.0 Å². The smallest absolute Gasteiger partial charge is 0.264 e. The van der Waals surface area contributed by atoms with Crippen LogP contribution in [-0.4, -0.2) is 29.9 Å². The summed E-state index contributed by atoms with van der Waals surface area (Å²) in [6.45, 7) is 2.46. The molecule has 1 aliphatic heterocycles. The van der Waals surface area contributed by atoms with E-state index in [9.17, 15) is 14.7 Å². The number of anilines is 1. The Morgan fingerprint density at radius 2 is 1.71 bits per heavy atom. The maximum atomic E-state index is 13.3. The Balaban J connectivity index is 1.54. The van der Waals surface area contributed by atoms with Crippen LogP contribution in [0.25, 0.3) is 0 Å². The molecular formula is C25H22ClNO4. The lowest BCUT2D eigenvalue weighted by Crippen LogP contribution is -2.43. The molecule has 0 bridgehead atoms. The van der Waals surface area contributed by atoms with Crippen molar-refractivity contribution in [2.24, 2.45) is 0 Å². The maximum Gasteiger partial charge on any atom is 0.264 e. The molecule has 0 fully saturated rings. The number of hydrogen-bond donors (Lipinski definition) is 1. The molecule has 31 heavy (non-hydrogen) atoms. The average Bonchev–Trinajstić information content (AvgIpc) is 2.97. The van der Waals surface area contributed by atoms with Gasteiger partial charge in [0.1, 0.15) is 12.4 Å². The van der Waals surface area contributed by atoms with E-state index in [1.54, 1.807) is 48.5 Å². The molecule has 0 radical (unpaired) electrons. The number of benzene rings is 3. The summed E-state index contributed by atoms with van der Waals surface area (Å²) in [6.07, 6.45) is -0.348. The minimum absolute atomic E-state index is 0.252. The number of carbonyl (C=O) groups excluding carboxylic acids is 2. The second kappa shape index (κ2) is 8.53. The summed E-state index contributed by atoms with van der Waals surface area (Å²) in [5, 5.41) is 11.9. The highest BCUT2D eigenvalue weighted by Gasteiger charge is 2.50. The number of aryl methyl sites for hydroxylation is 1. The van der Waals surface area contributed by atoms with Crippen LogP contribution in [0.1, 0.15) is 27.9 Å². The van der Waals surface area contributed by atoms with Crippen molar-refractivity contribution in [1.82, 2.24) is 0 Å². The van der Waals surface area contributed by atoms with Crippen LogP contribution in [0.2, 0.25) is 5.02 Å². The molecule has 1 amide bonds. The topological polar surface area (TPSA) is 66.8 Å². The lowest BCUT2D eigenvalue weighted by Gasteiger charge is -2.23. The van der Waals surface area contributed by atoms with E-state index in [1.807, 2.05) is 31.2 Å². The number of nitrogens with zero attached hydrogens (tertiary/aromatic N) is 1. The van der Waals surface area contributed by atoms with Crippen molar-refractivity contribution in [3.8, 4) is 5.75 Å². The Morgan fingerprint density at radius 1 is 1.03 bits per heavy atom. The number of Topliss-reactive ketones (excluding diaryl/α,β-unsaturated/α-hetero) is 1. The first-order valence-electron chi connectivity index (χ1n) is 10.0. The molecule has 0 spiro atoms. The number of ether oxygens (including phenoxy) is 1. The fraction of sp³-hybridized carbons (Fsp3) is 0.200. The van der Waals surface area contributed by atoms with Crippen LogP contribution in [0.4, 0.5) is 5.69 Å². The van der Waals surface area contributed by atoms with E-state index in [2.05, 4.69) is 0 Å². The van der Waals surface area contributed by atoms with E-state index in [4.69, 9.17) is 16.3 Å². The van der Waals surface area contributed by atoms with E-state index < -0.39 is 11.5 Å². The molecule has 1 atom stereocenters. The fourth-order valence-corrected chi connectivity index (χ4v) is 3.96. The van der Waals surface area contributed by atoms with Gasteiger partial charge in [-0.3, -0.25) is 9.59 Å². The number of ketones is 1. The van der Waals surface area contributed by atoms with Crippen LogP contribution in [0, 0.1) is 6.92 Å². The molecule has 3 aromatic carbocycles. The van der Waals surface area contributed by atoms with Gasteiger partial charge >= 0.3 is 0 Å². The predicted molar refractivity (Wildman–Crippen MR) is 120 cm³/mol. The van der Waals surface area contributed by atoms with E-state index in [0.29, 0.717) is 21.8 Å². The van der Waals surface area contributed by atoms with E-state index >= 15 is 0 Å². The van der Waals surface area contributed by atoms with Gasteiger partial charge in [0.05, 0.1) is 18.7 Å². The number of fused-ring (bicyclic) bond motifs is 1. The lowest BCUT2D eigenvalue weighted by molar-refractivity contribution is -0.135. The van der Waals surface area contributed by atoms with Crippen LogP contribution < -0.4 is 9.64 Å². The van der Waals surface area contributed by atoms with Gasteiger partial charge < -0.3 is 14.7 Å². The summed E-state index contributed by atoms with van der Waals surface area (Å²) >= 11 is 5.89.